The van der Waals surface area contributed by atoms with Gasteiger partial charge in [-0.1, -0.05) is 30.3 Å². The van der Waals surface area contributed by atoms with E-state index in [4.69, 9.17) is 0 Å². The Bertz CT molecular complexity index is 279. The molecule has 62 valence electrons. The molecule has 0 aromatic heterocycles. The third-order valence-electron chi connectivity index (χ3n) is 1.47. The van der Waals surface area contributed by atoms with Crippen LogP contribution < -0.4 is 0 Å². The molecule has 0 aliphatic carbocycles. The van der Waals surface area contributed by atoms with E-state index in [2.05, 4.69) is 18.2 Å². The van der Waals surface area contributed by atoms with Crippen LogP contribution in [0.1, 0.15) is 5.56 Å². The summed E-state index contributed by atoms with van der Waals surface area (Å²) in [7, 11) is 4.02. The zero-order chi connectivity index (χ0) is 8.81. The molecule has 0 bridgehead atoms. The third kappa shape index (κ3) is 3.15. The second kappa shape index (κ2) is 4.50. The van der Waals surface area contributed by atoms with Gasteiger partial charge in [-0.3, -0.25) is 0 Å². The van der Waals surface area contributed by atoms with Gasteiger partial charge in [0.05, 0.1) is 0 Å². The predicted octanol–water partition coefficient (Wildman–Crippen LogP) is 2.04. The van der Waals surface area contributed by atoms with Gasteiger partial charge in [0.2, 0.25) is 0 Å². The number of hydrogen-bond donors (Lipinski definition) is 0. The third-order valence-corrected chi connectivity index (χ3v) is 1.47. The van der Waals surface area contributed by atoms with Gasteiger partial charge in [0.15, 0.2) is 6.21 Å². The molecule has 0 unspecified atom stereocenters. The maximum Gasteiger partial charge on any atom is 0.162 e. The minimum Gasteiger partial charge on any atom is -0.241 e. The van der Waals surface area contributed by atoms with Gasteiger partial charge in [0.25, 0.3) is 0 Å². The molecule has 0 N–H and O–H groups in total. The summed E-state index contributed by atoms with van der Waals surface area (Å²) in [5, 5.41) is 0. The maximum absolute atomic E-state index is 2.08. The van der Waals surface area contributed by atoms with E-state index < -0.39 is 0 Å². The van der Waals surface area contributed by atoms with Crippen LogP contribution in [0.25, 0.3) is 6.08 Å². The predicted molar refractivity (Wildman–Crippen MR) is 53.6 cm³/mol. The summed E-state index contributed by atoms with van der Waals surface area (Å²) in [6.45, 7) is 0. The summed E-state index contributed by atoms with van der Waals surface area (Å²) < 4.78 is 2.01. The van der Waals surface area contributed by atoms with E-state index in [-0.39, 0.29) is 0 Å². The van der Waals surface area contributed by atoms with Crippen LogP contribution in [0.4, 0.5) is 0 Å². The van der Waals surface area contributed by atoms with Crippen molar-refractivity contribution >= 4 is 12.3 Å². The smallest absolute Gasteiger partial charge is 0.162 e. The van der Waals surface area contributed by atoms with E-state index in [0.717, 1.165) is 0 Å². The molecule has 0 aliphatic rings. The van der Waals surface area contributed by atoms with Gasteiger partial charge in [-0.15, -0.1) is 0 Å². The molecule has 1 nitrogen and oxygen atoms in total. The average Bonchev–Trinajstić information content (AvgIpc) is 2.05. The normalized spacial score (nSPS) is 10.2. The van der Waals surface area contributed by atoms with Gasteiger partial charge < -0.3 is 0 Å². The summed E-state index contributed by atoms with van der Waals surface area (Å²) >= 11 is 0. The molecule has 0 atom stereocenters. The lowest BCUT2D eigenvalue weighted by Gasteiger charge is -1.87. The van der Waals surface area contributed by atoms with Crippen molar-refractivity contribution in [2.24, 2.45) is 0 Å². The number of allylic oxidation sites excluding steroid dienone is 1. The van der Waals surface area contributed by atoms with Crippen LogP contribution in [0.15, 0.2) is 36.4 Å². The Morgan fingerprint density at radius 3 is 2.33 bits per heavy atom. The molecule has 0 radical (unpaired) electrons. The quantitative estimate of drug-likeness (QED) is 0.460. The van der Waals surface area contributed by atoms with Gasteiger partial charge in [0.1, 0.15) is 14.1 Å². The van der Waals surface area contributed by atoms with E-state index in [1.807, 2.05) is 49.2 Å². The highest BCUT2D eigenvalue weighted by Crippen LogP contribution is 1.99. The van der Waals surface area contributed by atoms with E-state index in [0.29, 0.717) is 0 Å². The Morgan fingerprint density at radius 1 is 1.08 bits per heavy atom. The van der Waals surface area contributed by atoms with Crippen molar-refractivity contribution < 1.29 is 4.58 Å². The van der Waals surface area contributed by atoms with Crippen LogP contribution in [0, 0.1) is 0 Å². The first-order chi connectivity index (χ1) is 5.79. The lowest BCUT2D eigenvalue weighted by atomic mass is 10.2. The van der Waals surface area contributed by atoms with Gasteiger partial charge in [-0.05, 0) is 11.6 Å². The second-order valence-corrected chi connectivity index (χ2v) is 2.88. The fourth-order valence-electron chi connectivity index (χ4n) is 0.890. The lowest BCUT2D eigenvalue weighted by Crippen LogP contribution is -1.94. The summed E-state index contributed by atoms with van der Waals surface area (Å²) in [6, 6.07) is 10.3. The van der Waals surface area contributed by atoms with Crippen LogP contribution >= 0.6 is 0 Å². The summed E-state index contributed by atoms with van der Waals surface area (Å²) in [5.74, 6) is 0. The van der Waals surface area contributed by atoms with Crippen LogP contribution in [-0.2, 0) is 0 Å². The molecule has 1 aromatic carbocycles. The zero-order valence-electron chi connectivity index (χ0n) is 7.57. The topological polar surface area (TPSA) is 3.01 Å². The second-order valence-electron chi connectivity index (χ2n) is 2.88. The molecular formula is C11H14N+. The summed E-state index contributed by atoms with van der Waals surface area (Å²) in [5.41, 5.74) is 1.23. The molecule has 1 aromatic rings. The summed E-state index contributed by atoms with van der Waals surface area (Å²) in [6.07, 6.45) is 6.14. The highest BCUT2D eigenvalue weighted by Gasteiger charge is 1.81. The molecule has 0 saturated carbocycles. The molecule has 0 spiro atoms. The van der Waals surface area contributed by atoms with E-state index in [9.17, 15) is 0 Å². The molecule has 0 heterocycles. The Morgan fingerprint density at radius 2 is 1.75 bits per heavy atom. The molecule has 1 heteroatoms. The molecular weight excluding hydrogens is 146 g/mol. The van der Waals surface area contributed by atoms with Crippen LogP contribution in [0.5, 0.6) is 0 Å². The monoisotopic (exact) mass is 160 g/mol. The molecule has 0 aliphatic heterocycles. The van der Waals surface area contributed by atoms with Crippen LogP contribution in [0.2, 0.25) is 0 Å². The Hall–Kier alpha value is -1.37. The van der Waals surface area contributed by atoms with Crippen molar-refractivity contribution in [3.63, 3.8) is 0 Å². The summed E-state index contributed by atoms with van der Waals surface area (Å²) in [4.78, 5) is 0. The van der Waals surface area contributed by atoms with Gasteiger partial charge in [0, 0.05) is 6.08 Å². The first kappa shape index (κ1) is 8.72. The minimum absolute atomic E-state index is 1.23. The van der Waals surface area contributed by atoms with Gasteiger partial charge in [-0.2, -0.15) is 0 Å². The highest BCUT2D eigenvalue weighted by molar-refractivity contribution is 5.74. The highest BCUT2D eigenvalue weighted by atomic mass is 14.9. The Labute approximate surface area is 73.7 Å². The first-order valence-corrected chi connectivity index (χ1v) is 4.02. The zero-order valence-corrected chi connectivity index (χ0v) is 7.57. The molecule has 0 fully saturated rings. The number of nitrogens with zero attached hydrogens (tertiary/aromatic N) is 1. The van der Waals surface area contributed by atoms with Crippen molar-refractivity contribution in [1.82, 2.24) is 0 Å². The van der Waals surface area contributed by atoms with Gasteiger partial charge in [-0.25, -0.2) is 4.58 Å². The van der Waals surface area contributed by atoms with E-state index >= 15 is 0 Å². The molecule has 0 saturated heterocycles. The van der Waals surface area contributed by atoms with Crippen molar-refractivity contribution in [3.05, 3.63) is 42.0 Å². The average molecular weight is 160 g/mol. The van der Waals surface area contributed by atoms with E-state index in [1.54, 1.807) is 0 Å². The lowest BCUT2D eigenvalue weighted by molar-refractivity contribution is -0.458. The Kier molecular flexibility index (Phi) is 3.27. The van der Waals surface area contributed by atoms with Crippen molar-refractivity contribution in [3.8, 4) is 0 Å². The fourth-order valence-corrected chi connectivity index (χ4v) is 0.890. The van der Waals surface area contributed by atoms with Crippen molar-refractivity contribution in [1.29, 1.82) is 0 Å². The SMILES string of the molecule is C[N+](C)=CC=Cc1ccccc1. The minimum atomic E-state index is 1.23. The first-order valence-electron chi connectivity index (χ1n) is 4.02. The molecule has 1 rings (SSSR count). The Balaban J connectivity index is 2.64. The number of hydrogen-bond acceptors (Lipinski definition) is 0. The van der Waals surface area contributed by atoms with E-state index in [1.165, 1.54) is 5.56 Å². The number of benzene rings is 1. The largest absolute Gasteiger partial charge is 0.241 e. The van der Waals surface area contributed by atoms with Gasteiger partial charge >= 0.3 is 0 Å². The molecule has 12 heavy (non-hydrogen) atoms. The standard InChI is InChI=1S/C11H14N/c1-12(2)10-6-9-11-7-4-3-5-8-11/h3-10H,1-2H3/q+1. The maximum atomic E-state index is 2.08. The fraction of sp³-hybridized carbons (Fsp3) is 0.182. The van der Waals surface area contributed by atoms with Crippen molar-refractivity contribution in [2.75, 3.05) is 14.1 Å². The van der Waals surface area contributed by atoms with Crippen molar-refractivity contribution in [2.45, 2.75) is 0 Å². The van der Waals surface area contributed by atoms with Crippen LogP contribution in [-0.4, -0.2) is 24.9 Å². The number of rotatable bonds is 2. The molecule has 0 amide bonds. The van der Waals surface area contributed by atoms with Crippen LogP contribution in [0.3, 0.4) is 0 Å².